The Balaban J connectivity index is 1.40. The van der Waals surface area contributed by atoms with Gasteiger partial charge >= 0.3 is 0 Å². The molecule has 0 saturated carbocycles. The van der Waals surface area contributed by atoms with Gasteiger partial charge in [-0.15, -0.1) is 0 Å². The van der Waals surface area contributed by atoms with Gasteiger partial charge in [-0.05, 0) is 113 Å². The third-order valence-electron chi connectivity index (χ3n) is 8.21. The maximum atomic E-state index is 2.42. The topological polar surface area (TPSA) is 3.24 Å². The van der Waals surface area contributed by atoms with E-state index in [0.717, 1.165) is 0 Å². The van der Waals surface area contributed by atoms with E-state index in [4.69, 9.17) is 0 Å². The lowest BCUT2D eigenvalue weighted by Crippen LogP contribution is -2.14. The molecule has 6 rings (SSSR count). The number of fused-ring (bicyclic) bond motifs is 1. The monoisotopic (exact) mass is 533 g/mol. The van der Waals surface area contributed by atoms with Crippen molar-refractivity contribution in [2.75, 3.05) is 4.90 Å². The van der Waals surface area contributed by atoms with Crippen molar-refractivity contribution in [3.05, 3.63) is 161 Å². The number of rotatable bonds is 6. The molecule has 0 aliphatic heterocycles. The Kier molecular flexibility index (Phi) is 7.61. The average molecular weight is 534 g/mol. The molecule has 1 nitrogen and oxygen atoms in total. The second-order valence-corrected chi connectivity index (χ2v) is 12.2. The quantitative estimate of drug-likeness (QED) is 0.196. The summed E-state index contributed by atoms with van der Waals surface area (Å²) in [5.41, 5.74) is 12.9. The maximum absolute atomic E-state index is 2.42. The molecule has 0 fully saturated rings. The summed E-state index contributed by atoms with van der Waals surface area (Å²) >= 11 is 0. The molecule has 1 heteroatoms. The predicted octanol–water partition coefficient (Wildman–Crippen LogP) is 10.9. The van der Waals surface area contributed by atoms with Crippen LogP contribution in [0, 0.1) is 0 Å². The minimum Gasteiger partial charge on any atom is -0.310 e. The molecule has 5 aromatic rings. The second-order valence-electron chi connectivity index (χ2n) is 12.2. The van der Waals surface area contributed by atoms with E-state index >= 15 is 0 Å². The van der Waals surface area contributed by atoms with Crippen molar-refractivity contribution in [2.24, 2.45) is 0 Å². The first-order valence-electron chi connectivity index (χ1n) is 14.9. The van der Waals surface area contributed by atoms with Crippen LogP contribution in [-0.4, -0.2) is 0 Å². The molecule has 1 aliphatic carbocycles. The van der Waals surface area contributed by atoms with Gasteiger partial charge in [-0.1, -0.05) is 112 Å². The largest absolute Gasteiger partial charge is 0.310 e. The first-order valence-corrected chi connectivity index (χ1v) is 14.9. The molecule has 0 spiro atoms. The van der Waals surface area contributed by atoms with Crippen LogP contribution in [0.5, 0.6) is 0 Å². The van der Waals surface area contributed by atoms with Crippen molar-refractivity contribution in [3.8, 4) is 0 Å². The summed E-state index contributed by atoms with van der Waals surface area (Å²) in [5, 5.41) is 0. The Morgan fingerprint density at radius 3 is 1.63 bits per heavy atom. The van der Waals surface area contributed by atoms with Crippen LogP contribution in [0.25, 0.3) is 11.6 Å². The molecule has 0 amide bonds. The van der Waals surface area contributed by atoms with Gasteiger partial charge in [0.1, 0.15) is 0 Å². The fourth-order valence-corrected chi connectivity index (χ4v) is 5.87. The highest BCUT2D eigenvalue weighted by Gasteiger charge is 2.18. The van der Waals surface area contributed by atoms with Gasteiger partial charge in [0.2, 0.25) is 0 Å². The second kappa shape index (κ2) is 11.6. The summed E-state index contributed by atoms with van der Waals surface area (Å²) in [5.74, 6) is 0. The number of aryl methyl sites for hydroxylation is 2. The van der Waals surface area contributed by atoms with E-state index in [-0.39, 0.29) is 5.41 Å². The third-order valence-corrected chi connectivity index (χ3v) is 8.21. The Bertz CT molecular complexity index is 1580. The molecule has 0 saturated heterocycles. The van der Waals surface area contributed by atoms with Crippen molar-refractivity contribution < 1.29 is 0 Å². The number of anilines is 3. The van der Waals surface area contributed by atoms with Gasteiger partial charge in [-0.3, -0.25) is 0 Å². The molecular weight excluding hydrogens is 494 g/mol. The third kappa shape index (κ3) is 6.05. The van der Waals surface area contributed by atoms with Crippen molar-refractivity contribution in [3.63, 3.8) is 0 Å². The van der Waals surface area contributed by atoms with Crippen LogP contribution < -0.4 is 4.90 Å². The fraction of sp³-hybridized carbons (Fsp3) is 0.200. The lowest BCUT2D eigenvalue weighted by Gasteiger charge is -2.28. The van der Waals surface area contributed by atoms with Gasteiger partial charge in [-0.25, -0.2) is 0 Å². The highest BCUT2D eigenvalue weighted by Crippen LogP contribution is 2.38. The van der Waals surface area contributed by atoms with Crippen LogP contribution in [0.4, 0.5) is 17.1 Å². The van der Waals surface area contributed by atoms with Crippen LogP contribution >= 0.6 is 0 Å². The fourth-order valence-electron chi connectivity index (χ4n) is 5.87. The Hall–Kier alpha value is -4.36. The average Bonchev–Trinajstić information content (AvgIpc) is 3.01. The van der Waals surface area contributed by atoms with E-state index in [1.165, 1.54) is 81.7 Å². The van der Waals surface area contributed by atoms with E-state index in [9.17, 15) is 0 Å². The van der Waals surface area contributed by atoms with Crippen LogP contribution in [0.1, 0.15) is 67.0 Å². The van der Waals surface area contributed by atoms with Gasteiger partial charge in [0.25, 0.3) is 0 Å². The smallest absolute Gasteiger partial charge is 0.0464 e. The van der Waals surface area contributed by atoms with E-state index in [1.807, 2.05) is 0 Å². The lowest BCUT2D eigenvalue weighted by atomic mass is 9.87. The Morgan fingerprint density at radius 2 is 1.07 bits per heavy atom. The van der Waals surface area contributed by atoms with E-state index < -0.39 is 0 Å². The van der Waals surface area contributed by atoms with E-state index in [0.29, 0.717) is 0 Å². The number of nitrogens with zero attached hydrogens (tertiary/aromatic N) is 1. The maximum Gasteiger partial charge on any atom is 0.0464 e. The summed E-state index contributed by atoms with van der Waals surface area (Å²) in [7, 11) is 0. The Labute approximate surface area is 245 Å². The van der Waals surface area contributed by atoms with Gasteiger partial charge < -0.3 is 4.90 Å². The number of hydrogen-bond acceptors (Lipinski definition) is 1. The molecule has 204 valence electrons. The zero-order chi connectivity index (χ0) is 28.2. The molecule has 41 heavy (non-hydrogen) atoms. The zero-order valence-electron chi connectivity index (χ0n) is 24.5. The van der Waals surface area contributed by atoms with Crippen molar-refractivity contribution in [1.29, 1.82) is 0 Å². The molecule has 0 N–H and O–H groups in total. The highest BCUT2D eigenvalue weighted by molar-refractivity contribution is 5.91. The molecule has 0 heterocycles. The van der Waals surface area contributed by atoms with Crippen LogP contribution in [-0.2, 0) is 18.3 Å². The first kappa shape index (κ1) is 26.8. The van der Waals surface area contributed by atoms with E-state index in [1.54, 1.807) is 0 Å². The van der Waals surface area contributed by atoms with Gasteiger partial charge in [-0.2, -0.15) is 0 Å². The van der Waals surface area contributed by atoms with Crippen LogP contribution in [0.3, 0.4) is 0 Å². The van der Waals surface area contributed by atoms with Crippen LogP contribution in [0.15, 0.2) is 127 Å². The van der Waals surface area contributed by atoms with Crippen molar-refractivity contribution in [1.82, 2.24) is 0 Å². The number of hydrogen-bond donors (Lipinski definition) is 0. The standard InChI is InChI=1S/C40H39N/c1-40(2,3)35-21-26-37(27-22-35)41(38-25-20-31-12-10-11-17-34(31)29-38)36-23-18-30(19-24-36)28-39(32-13-6-4-7-14-32)33-15-8-5-9-16-33/h4-9,13-16,18-29H,10-12,17H2,1-3H3. The van der Waals surface area contributed by atoms with Gasteiger partial charge in [0, 0.05) is 17.1 Å². The summed E-state index contributed by atoms with van der Waals surface area (Å²) in [6.07, 6.45) is 7.25. The molecule has 0 radical (unpaired) electrons. The molecule has 0 aromatic heterocycles. The van der Waals surface area contributed by atoms with Crippen molar-refractivity contribution >= 4 is 28.7 Å². The van der Waals surface area contributed by atoms with Crippen molar-refractivity contribution in [2.45, 2.75) is 51.9 Å². The predicted molar refractivity (Wildman–Crippen MR) is 176 cm³/mol. The Morgan fingerprint density at radius 1 is 0.561 bits per heavy atom. The summed E-state index contributed by atoms with van der Waals surface area (Å²) in [4.78, 5) is 2.41. The molecule has 0 atom stereocenters. The SMILES string of the molecule is CC(C)(C)c1ccc(N(c2ccc(C=C(c3ccccc3)c3ccccc3)cc2)c2ccc3c(c2)CCCC3)cc1. The summed E-state index contributed by atoms with van der Waals surface area (Å²) in [6.45, 7) is 6.82. The normalized spacial score (nSPS) is 12.9. The van der Waals surface area contributed by atoms with E-state index in [2.05, 4.69) is 159 Å². The van der Waals surface area contributed by atoms with Crippen LogP contribution in [0.2, 0.25) is 0 Å². The molecule has 0 unspecified atom stereocenters. The lowest BCUT2D eigenvalue weighted by molar-refractivity contribution is 0.590. The van der Waals surface area contributed by atoms with Gasteiger partial charge in [0.05, 0.1) is 0 Å². The molecule has 0 bridgehead atoms. The highest BCUT2D eigenvalue weighted by atomic mass is 15.1. The summed E-state index contributed by atoms with van der Waals surface area (Å²) < 4.78 is 0. The summed E-state index contributed by atoms with van der Waals surface area (Å²) in [6, 6.07) is 46.5. The number of benzene rings is 5. The van der Waals surface area contributed by atoms with Gasteiger partial charge in [0.15, 0.2) is 0 Å². The zero-order valence-corrected chi connectivity index (χ0v) is 24.5. The molecule has 1 aliphatic rings. The first-order chi connectivity index (χ1) is 20.0. The minimum absolute atomic E-state index is 0.123. The minimum atomic E-state index is 0.123. The molecular formula is C40H39N. The molecule has 5 aromatic carbocycles.